The van der Waals surface area contributed by atoms with E-state index in [9.17, 15) is 4.79 Å². The Kier molecular flexibility index (Phi) is 2.68. The zero-order valence-electron chi connectivity index (χ0n) is 8.27. The molecule has 0 unspecified atom stereocenters. The van der Waals surface area contributed by atoms with Crippen LogP contribution in [0.15, 0.2) is 23.1 Å². The summed E-state index contributed by atoms with van der Waals surface area (Å²) in [7, 11) is 0. The SMILES string of the molecule is CCCn1c(=O)ccc2cnc(Cl)nc21. The summed E-state index contributed by atoms with van der Waals surface area (Å²) < 4.78 is 1.61. The summed E-state index contributed by atoms with van der Waals surface area (Å²) in [6.45, 7) is 2.65. The van der Waals surface area contributed by atoms with E-state index in [1.807, 2.05) is 6.92 Å². The van der Waals surface area contributed by atoms with Gasteiger partial charge in [-0.15, -0.1) is 0 Å². The zero-order chi connectivity index (χ0) is 10.8. The molecule has 2 heterocycles. The Morgan fingerprint density at radius 1 is 1.47 bits per heavy atom. The van der Waals surface area contributed by atoms with E-state index < -0.39 is 0 Å². The van der Waals surface area contributed by atoms with E-state index in [-0.39, 0.29) is 10.8 Å². The van der Waals surface area contributed by atoms with Crippen molar-refractivity contribution in [2.45, 2.75) is 19.9 Å². The Balaban J connectivity index is 2.78. The highest BCUT2D eigenvalue weighted by molar-refractivity contribution is 6.28. The van der Waals surface area contributed by atoms with Crippen molar-refractivity contribution < 1.29 is 0 Å². The zero-order valence-corrected chi connectivity index (χ0v) is 9.03. The minimum absolute atomic E-state index is 0.0564. The third-order valence-corrected chi connectivity index (χ3v) is 2.32. The van der Waals surface area contributed by atoms with E-state index in [0.29, 0.717) is 12.2 Å². The first-order valence-corrected chi connectivity index (χ1v) is 5.12. The summed E-state index contributed by atoms with van der Waals surface area (Å²) in [5.74, 6) is 0. The first kappa shape index (κ1) is 10.1. The summed E-state index contributed by atoms with van der Waals surface area (Å²) in [5, 5.41) is 0.991. The van der Waals surface area contributed by atoms with E-state index in [0.717, 1.165) is 11.8 Å². The van der Waals surface area contributed by atoms with Crippen LogP contribution in [0.1, 0.15) is 13.3 Å². The van der Waals surface area contributed by atoms with E-state index in [1.54, 1.807) is 16.8 Å². The van der Waals surface area contributed by atoms with Gasteiger partial charge in [-0.25, -0.2) is 4.98 Å². The molecule has 0 aromatic carbocycles. The maximum Gasteiger partial charge on any atom is 0.252 e. The molecule has 0 atom stereocenters. The lowest BCUT2D eigenvalue weighted by atomic mass is 10.3. The molecule has 15 heavy (non-hydrogen) atoms. The molecule has 78 valence electrons. The number of nitrogens with zero attached hydrogens (tertiary/aromatic N) is 3. The summed E-state index contributed by atoms with van der Waals surface area (Å²) in [6, 6.07) is 3.23. The molecule has 0 radical (unpaired) electrons. The molecule has 0 aliphatic rings. The molecule has 4 nitrogen and oxygen atoms in total. The molecular formula is C10H10ClN3O. The predicted molar refractivity (Wildman–Crippen MR) is 59.1 cm³/mol. The standard InChI is InChI=1S/C10H10ClN3O/c1-2-5-14-8(15)4-3-7-6-12-10(11)13-9(7)14/h3-4,6H,2,5H2,1H3. The summed E-state index contributed by atoms with van der Waals surface area (Å²) in [4.78, 5) is 19.5. The second-order valence-corrected chi connectivity index (χ2v) is 3.58. The number of halogens is 1. The molecule has 0 aliphatic carbocycles. The molecule has 0 aliphatic heterocycles. The van der Waals surface area contributed by atoms with Crippen LogP contribution < -0.4 is 5.56 Å². The molecule has 0 N–H and O–H groups in total. The van der Waals surface area contributed by atoms with Crippen molar-refractivity contribution in [3.05, 3.63) is 34.0 Å². The normalized spacial score (nSPS) is 10.8. The van der Waals surface area contributed by atoms with Crippen LogP contribution in [0.2, 0.25) is 5.28 Å². The smallest absolute Gasteiger partial charge is 0.252 e. The predicted octanol–water partition coefficient (Wildman–Crippen LogP) is 1.85. The fourth-order valence-corrected chi connectivity index (χ4v) is 1.62. The molecule has 0 amide bonds. The van der Waals surface area contributed by atoms with Gasteiger partial charge >= 0.3 is 0 Å². The van der Waals surface area contributed by atoms with Gasteiger partial charge in [-0.3, -0.25) is 9.36 Å². The molecule has 0 bridgehead atoms. The molecule has 2 aromatic heterocycles. The molecule has 0 saturated carbocycles. The van der Waals surface area contributed by atoms with Crippen molar-refractivity contribution in [3.63, 3.8) is 0 Å². The molecule has 2 rings (SSSR count). The number of hydrogen-bond acceptors (Lipinski definition) is 3. The van der Waals surface area contributed by atoms with E-state index in [4.69, 9.17) is 11.6 Å². The van der Waals surface area contributed by atoms with Crippen molar-refractivity contribution >= 4 is 22.6 Å². The van der Waals surface area contributed by atoms with E-state index >= 15 is 0 Å². The highest BCUT2D eigenvalue weighted by Crippen LogP contribution is 2.10. The largest absolute Gasteiger partial charge is 0.293 e. The van der Waals surface area contributed by atoms with Crippen molar-refractivity contribution in [1.82, 2.24) is 14.5 Å². The van der Waals surface area contributed by atoms with Crippen LogP contribution in [0.25, 0.3) is 11.0 Å². The van der Waals surface area contributed by atoms with Crippen LogP contribution in [0.5, 0.6) is 0 Å². The third kappa shape index (κ3) is 1.85. The summed E-state index contributed by atoms with van der Waals surface area (Å²) >= 11 is 5.71. The molecule has 0 fully saturated rings. The Hall–Kier alpha value is -1.42. The minimum Gasteiger partial charge on any atom is -0.293 e. The maximum absolute atomic E-state index is 11.6. The van der Waals surface area contributed by atoms with Gasteiger partial charge < -0.3 is 0 Å². The number of fused-ring (bicyclic) bond motifs is 1. The van der Waals surface area contributed by atoms with Crippen molar-refractivity contribution in [1.29, 1.82) is 0 Å². The quantitative estimate of drug-likeness (QED) is 0.730. The Bertz CT molecular complexity index is 550. The van der Waals surface area contributed by atoms with Crippen LogP contribution in [0.4, 0.5) is 0 Å². The van der Waals surface area contributed by atoms with Gasteiger partial charge in [0.05, 0.1) is 0 Å². The molecular weight excluding hydrogens is 214 g/mol. The van der Waals surface area contributed by atoms with Crippen molar-refractivity contribution in [2.75, 3.05) is 0 Å². The average molecular weight is 224 g/mol. The van der Waals surface area contributed by atoms with E-state index in [2.05, 4.69) is 9.97 Å². The van der Waals surface area contributed by atoms with Crippen LogP contribution >= 0.6 is 11.6 Å². The average Bonchev–Trinajstić information content (AvgIpc) is 2.23. The minimum atomic E-state index is -0.0564. The van der Waals surface area contributed by atoms with Gasteiger partial charge in [0, 0.05) is 24.2 Å². The van der Waals surface area contributed by atoms with Gasteiger partial charge in [-0.1, -0.05) is 6.92 Å². The van der Waals surface area contributed by atoms with Gasteiger partial charge in [0.25, 0.3) is 5.56 Å². The van der Waals surface area contributed by atoms with Crippen LogP contribution in [-0.4, -0.2) is 14.5 Å². The third-order valence-electron chi connectivity index (χ3n) is 2.14. The fourth-order valence-electron chi connectivity index (χ4n) is 1.49. The van der Waals surface area contributed by atoms with Crippen LogP contribution in [-0.2, 0) is 6.54 Å². The van der Waals surface area contributed by atoms with Gasteiger partial charge in [0.15, 0.2) is 0 Å². The first-order valence-electron chi connectivity index (χ1n) is 4.74. The molecule has 2 aromatic rings. The molecule has 0 saturated heterocycles. The number of aromatic nitrogens is 3. The highest BCUT2D eigenvalue weighted by Gasteiger charge is 2.04. The second kappa shape index (κ2) is 3.98. The molecule has 5 heteroatoms. The van der Waals surface area contributed by atoms with Crippen LogP contribution in [0, 0.1) is 0 Å². The van der Waals surface area contributed by atoms with Crippen molar-refractivity contribution in [3.8, 4) is 0 Å². The molecule has 0 spiro atoms. The number of hydrogen-bond donors (Lipinski definition) is 0. The number of rotatable bonds is 2. The maximum atomic E-state index is 11.6. The van der Waals surface area contributed by atoms with E-state index in [1.165, 1.54) is 6.07 Å². The van der Waals surface area contributed by atoms with Gasteiger partial charge in [-0.2, -0.15) is 4.98 Å². The monoisotopic (exact) mass is 223 g/mol. The Labute approximate surface area is 91.5 Å². The summed E-state index contributed by atoms with van der Waals surface area (Å²) in [6.07, 6.45) is 2.50. The lowest BCUT2D eigenvalue weighted by molar-refractivity contribution is 0.671. The number of pyridine rings is 1. The number of aryl methyl sites for hydroxylation is 1. The lowest BCUT2D eigenvalue weighted by Gasteiger charge is -2.06. The first-order chi connectivity index (χ1) is 7.22. The van der Waals surface area contributed by atoms with Crippen LogP contribution in [0.3, 0.4) is 0 Å². The van der Waals surface area contributed by atoms with Gasteiger partial charge in [0.2, 0.25) is 5.28 Å². The highest BCUT2D eigenvalue weighted by atomic mass is 35.5. The van der Waals surface area contributed by atoms with Crippen molar-refractivity contribution in [2.24, 2.45) is 0 Å². The van der Waals surface area contributed by atoms with Gasteiger partial charge in [-0.05, 0) is 24.1 Å². The fraction of sp³-hybridized carbons (Fsp3) is 0.300. The van der Waals surface area contributed by atoms with Gasteiger partial charge in [0.1, 0.15) is 5.65 Å². The Morgan fingerprint density at radius 3 is 3.00 bits per heavy atom. The second-order valence-electron chi connectivity index (χ2n) is 3.24. The lowest BCUT2D eigenvalue weighted by Crippen LogP contribution is -2.20. The summed E-state index contributed by atoms with van der Waals surface area (Å²) in [5.41, 5.74) is 0.545. The Morgan fingerprint density at radius 2 is 2.27 bits per heavy atom. The topological polar surface area (TPSA) is 47.8 Å².